The zero-order valence-corrected chi connectivity index (χ0v) is 21.4. The van der Waals surface area contributed by atoms with Gasteiger partial charge in [-0.2, -0.15) is 0 Å². The van der Waals surface area contributed by atoms with Gasteiger partial charge in [0.15, 0.2) is 0 Å². The van der Waals surface area contributed by atoms with E-state index in [-0.39, 0.29) is 5.91 Å². The van der Waals surface area contributed by atoms with Crippen LogP contribution in [0.4, 0.5) is 5.69 Å². The zero-order valence-electron chi connectivity index (χ0n) is 21.4. The summed E-state index contributed by atoms with van der Waals surface area (Å²) in [6.45, 7) is 6.81. The number of nitrogens with zero attached hydrogens (tertiary/aromatic N) is 3. The van der Waals surface area contributed by atoms with Crippen LogP contribution in [0.25, 0.3) is 11.5 Å². The molecule has 1 amide bonds. The Morgan fingerprint density at radius 2 is 1.58 bits per heavy atom. The van der Waals surface area contributed by atoms with E-state index >= 15 is 0 Å². The van der Waals surface area contributed by atoms with Crippen molar-refractivity contribution >= 4 is 11.6 Å². The first kappa shape index (κ1) is 24.6. The standard InChI is InChI=1S/C30H38N4O2/c1-23-28(22-33-18-20-34(21-19-33)27-12-8-5-9-13-27)32-30(36-23)25-16-14-24(15-17-25)29(35)31-26-10-6-3-2-4-7-11-26/h5,8-9,12-17,26H,2-4,6-7,10-11,18-22H2,1H3,(H,31,35). The average Bonchev–Trinajstić information content (AvgIpc) is 3.26. The number of hydrogen-bond donors (Lipinski definition) is 1. The fraction of sp³-hybridized carbons (Fsp3) is 0.467. The summed E-state index contributed by atoms with van der Waals surface area (Å²) in [5, 5.41) is 3.25. The molecule has 1 saturated heterocycles. The minimum Gasteiger partial charge on any atom is -0.441 e. The van der Waals surface area contributed by atoms with E-state index in [1.54, 1.807) is 0 Å². The van der Waals surface area contributed by atoms with Crippen LogP contribution in [0.2, 0.25) is 0 Å². The molecule has 2 fully saturated rings. The number of nitrogens with one attached hydrogen (secondary N) is 1. The Hall–Kier alpha value is -3.12. The maximum Gasteiger partial charge on any atom is 0.251 e. The van der Waals surface area contributed by atoms with Gasteiger partial charge in [-0.1, -0.05) is 50.3 Å². The highest BCUT2D eigenvalue weighted by Crippen LogP contribution is 2.24. The van der Waals surface area contributed by atoms with Crippen molar-refractivity contribution in [2.75, 3.05) is 31.1 Å². The number of piperazine rings is 1. The van der Waals surface area contributed by atoms with Gasteiger partial charge in [0, 0.05) is 55.6 Å². The van der Waals surface area contributed by atoms with Gasteiger partial charge in [-0.15, -0.1) is 0 Å². The molecule has 36 heavy (non-hydrogen) atoms. The third kappa shape index (κ3) is 6.16. The third-order valence-electron chi connectivity index (χ3n) is 7.59. The Balaban J connectivity index is 1.16. The van der Waals surface area contributed by atoms with E-state index in [1.165, 1.54) is 37.8 Å². The average molecular weight is 487 g/mol. The van der Waals surface area contributed by atoms with Gasteiger partial charge in [-0.25, -0.2) is 4.98 Å². The summed E-state index contributed by atoms with van der Waals surface area (Å²) in [6, 6.07) is 18.6. The van der Waals surface area contributed by atoms with E-state index in [9.17, 15) is 4.79 Å². The molecule has 3 aromatic rings. The molecule has 6 heteroatoms. The topological polar surface area (TPSA) is 61.6 Å². The second-order valence-electron chi connectivity index (χ2n) is 10.2. The maximum absolute atomic E-state index is 12.8. The third-order valence-corrected chi connectivity index (χ3v) is 7.59. The van der Waals surface area contributed by atoms with E-state index in [4.69, 9.17) is 9.40 Å². The molecule has 1 aliphatic carbocycles. The molecule has 1 N–H and O–H groups in total. The molecule has 2 aliphatic rings. The Bertz CT molecular complexity index is 1110. The summed E-state index contributed by atoms with van der Waals surface area (Å²) >= 11 is 0. The minimum absolute atomic E-state index is 0.0195. The summed E-state index contributed by atoms with van der Waals surface area (Å²) in [6.07, 6.45) is 8.48. The van der Waals surface area contributed by atoms with Crippen LogP contribution in [-0.4, -0.2) is 48.0 Å². The molecule has 1 saturated carbocycles. The zero-order chi connectivity index (χ0) is 24.7. The molecule has 0 radical (unpaired) electrons. The van der Waals surface area contributed by atoms with Crippen molar-refractivity contribution in [1.29, 1.82) is 0 Å². The Labute approximate surface area is 214 Å². The SMILES string of the molecule is Cc1oc(-c2ccc(C(=O)NC3CCCCCCC3)cc2)nc1CN1CCN(c2ccccc2)CC1. The number of hydrogen-bond acceptors (Lipinski definition) is 5. The van der Waals surface area contributed by atoms with Crippen LogP contribution in [0.15, 0.2) is 59.0 Å². The molecule has 1 aromatic heterocycles. The molecule has 6 nitrogen and oxygen atoms in total. The second-order valence-corrected chi connectivity index (χ2v) is 10.2. The van der Waals surface area contributed by atoms with Gasteiger partial charge < -0.3 is 14.6 Å². The Kier molecular flexibility index (Phi) is 8.01. The lowest BCUT2D eigenvalue weighted by molar-refractivity contribution is 0.0930. The van der Waals surface area contributed by atoms with E-state index in [2.05, 4.69) is 45.4 Å². The number of carbonyl (C=O) groups is 1. The van der Waals surface area contributed by atoms with Crippen LogP contribution in [0.3, 0.4) is 0 Å². The highest BCUT2D eigenvalue weighted by atomic mass is 16.4. The predicted octanol–water partition coefficient (Wildman–Crippen LogP) is 5.81. The van der Waals surface area contributed by atoms with Crippen LogP contribution in [0.1, 0.15) is 66.8 Å². The Morgan fingerprint density at radius 1 is 0.917 bits per heavy atom. The molecular weight excluding hydrogens is 448 g/mol. The first-order valence-corrected chi connectivity index (χ1v) is 13.6. The quantitative estimate of drug-likeness (QED) is 0.476. The highest BCUT2D eigenvalue weighted by molar-refractivity contribution is 5.94. The fourth-order valence-corrected chi connectivity index (χ4v) is 5.35. The van der Waals surface area contributed by atoms with Crippen molar-refractivity contribution in [3.63, 3.8) is 0 Å². The fourth-order valence-electron chi connectivity index (χ4n) is 5.35. The molecular formula is C30H38N4O2. The molecule has 190 valence electrons. The van der Waals surface area contributed by atoms with Gasteiger partial charge in [-0.05, 0) is 56.2 Å². The van der Waals surface area contributed by atoms with Gasteiger partial charge in [-0.3, -0.25) is 9.69 Å². The summed E-state index contributed by atoms with van der Waals surface area (Å²) < 4.78 is 6.03. The monoisotopic (exact) mass is 486 g/mol. The number of amides is 1. The van der Waals surface area contributed by atoms with Crippen LogP contribution in [0.5, 0.6) is 0 Å². The molecule has 5 rings (SSSR count). The lowest BCUT2D eigenvalue weighted by atomic mass is 9.96. The number of aryl methyl sites for hydroxylation is 1. The summed E-state index contributed by atoms with van der Waals surface area (Å²) in [7, 11) is 0. The van der Waals surface area contributed by atoms with E-state index in [0.717, 1.165) is 62.6 Å². The van der Waals surface area contributed by atoms with Crippen LogP contribution < -0.4 is 10.2 Å². The number of para-hydroxylation sites is 1. The van der Waals surface area contributed by atoms with Crippen molar-refractivity contribution in [2.45, 2.75) is 64.5 Å². The number of rotatable bonds is 6. The molecule has 2 heterocycles. The lowest BCUT2D eigenvalue weighted by Gasteiger charge is -2.35. The van der Waals surface area contributed by atoms with Crippen molar-refractivity contribution < 1.29 is 9.21 Å². The van der Waals surface area contributed by atoms with Crippen LogP contribution in [0, 0.1) is 6.92 Å². The summed E-state index contributed by atoms with van der Waals surface area (Å²) in [5.41, 5.74) is 3.88. The van der Waals surface area contributed by atoms with Crippen molar-refractivity contribution in [1.82, 2.24) is 15.2 Å². The van der Waals surface area contributed by atoms with Gasteiger partial charge in [0.25, 0.3) is 5.91 Å². The van der Waals surface area contributed by atoms with Crippen LogP contribution in [-0.2, 0) is 6.54 Å². The predicted molar refractivity (Wildman–Crippen MR) is 144 cm³/mol. The van der Waals surface area contributed by atoms with Gasteiger partial charge >= 0.3 is 0 Å². The normalized spacial score (nSPS) is 18.0. The number of benzene rings is 2. The first-order valence-electron chi connectivity index (χ1n) is 13.6. The smallest absolute Gasteiger partial charge is 0.251 e. The lowest BCUT2D eigenvalue weighted by Crippen LogP contribution is -2.46. The first-order chi connectivity index (χ1) is 17.7. The number of anilines is 1. The number of oxazole rings is 1. The summed E-state index contributed by atoms with van der Waals surface area (Å²) in [5.74, 6) is 1.50. The molecule has 0 spiro atoms. The van der Waals surface area contributed by atoms with Crippen molar-refractivity contribution in [2.24, 2.45) is 0 Å². The molecule has 0 bridgehead atoms. The Morgan fingerprint density at radius 3 is 2.28 bits per heavy atom. The number of aromatic nitrogens is 1. The number of carbonyl (C=O) groups excluding carboxylic acids is 1. The van der Waals surface area contributed by atoms with Gasteiger partial charge in [0.2, 0.25) is 5.89 Å². The van der Waals surface area contributed by atoms with E-state index in [1.807, 2.05) is 31.2 Å². The van der Waals surface area contributed by atoms with Crippen LogP contribution >= 0.6 is 0 Å². The molecule has 0 atom stereocenters. The van der Waals surface area contributed by atoms with E-state index < -0.39 is 0 Å². The van der Waals surface area contributed by atoms with Crippen molar-refractivity contribution in [3.05, 3.63) is 71.6 Å². The molecule has 0 unspecified atom stereocenters. The minimum atomic E-state index is 0.0195. The maximum atomic E-state index is 12.8. The second kappa shape index (κ2) is 11.7. The molecule has 1 aliphatic heterocycles. The van der Waals surface area contributed by atoms with Gasteiger partial charge in [0.05, 0.1) is 5.69 Å². The van der Waals surface area contributed by atoms with E-state index in [0.29, 0.717) is 17.5 Å². The summed E-state index contributed by atoms with van der Waals surface area (Å²) in [4.78, 5) is 22.5. The largest absolute Gasteiger partial charge is 0.441 e. The molecule has 2 aromatic carbocycles. The van der Waals surface area contributed by atoms with Gasteiger partial charge in [0.1, 0.15) is 5.76 Å². The van der Waals surface area contributed by atoms with Crippen molar-refractivity contribution in [3.8, 4) is 11.5 Å². The highest BCUT2D eigenvalue weighted by Gasteiger charge is 2.21.